The molecular formula is C13H26N2O2. The molecule has 0 aromatic heterocycles. The molecule has 1 unspecified atom stereocenters. The van der Waals surface area contributed by atoms with Crippen LogP contribution in [0.2, 0.25) is 0 Å². The van der Waals surface area contributed by atoms with E-state index < -0.39 is 5.54 Å². The van der Waals surface area contributed by atoms with Crippen LogP contribution in [0, 0.1) is 11.3 Å². The van der Waals surface area contributed by atoms with Crippen molar-refractivity contribution in [2.75, 3.05) is 20.3 Å². The minimum atomic E-state index is -0.655. The molecule has 1 atom stereocenters. The van der Waals surface area contributed by atoms with Crippen LogP contribution in [0.3, 0.4) is 0 Å². The Morgan fingerprint density at radius 2 is 2.00 bits per heavy atom. The molecule has 1 amide bonds. The Balaban J connectivity index is 2.42. The van der Waals surface area contributed by atoms with Crippen LogP contribution in [0.25, 0.3) is 0 Å². The van der Waals surface area contributed by atoms with E-state index in [0.29, 0.717) is 19.1 Å². The second-order valence-corrected chi connectivity index (χ2v) is 6.22. The van der Waals surface area contributed by atoms with Gasteiger partial charge in [0.2, 0.25) is 5.91 Å². The highest BCUT2D eigenvalue weighted by molar-refractivity contribution is 5.85. The summed E-state index contributed by atoms with van der Waals surface area (Å²) in [6, 6.07) is 0. The lowest BCUT2D eigenvalue weighted by Gasteiger charge is -2.30. The van der Waals surface area contributed by atoms with E-state index in [9.17, 15) is 4.79 Å². The van der Waals surface area contributed by atoms with Gasteiger partial charge in [0.05, 0.1) is 6.61 Å². The highest BCUT2D eigenvalue weighted by Gasteiger charge is 2.49. The summed E-state index contributed by atoms with van der Waals surface area (Å²) in [5.74, 6) is 0.0536. The van der Waals surface area contributed by atoms with Crippen molar-refractivity contribution in [3.63, 3.8) is 0 Å². The summed E-state index contributed by atoms with van der Waals surface area (Å²) in [6.45, 7) is 7.59. The molecule has 0 radical (unpaired) electrons. The van der Waals surface area contributed by atoms with Gasteiger partial charge in [-0.25, -0.2) is 0 Å². The van der Waals surface area contributed by atoms with Crippen molar-refractivity contribution in [1.82, 2.24) is 5.32 Å². The summed E-state index contributed by atoms with van der Waals surface area (Å²) >= 11 is 0. The average molecular weight is 242 g/mol. The molecule has 1 rings (SSSR count). The monoisotopic (exact) mass is 242 g/mol. The van der Waals surface area contributed by atoms with Crippen LogP contribution in [-0.2, 0) is 9.53 Å². The largest absolute Gasteiger partial charge is 0.379 e. The fourth-order valence-electron chi connectivity index (χ4n) is 1.98. The van der Waals surface area contributed by atoms with Crippen molar-refractivity contribution in [2.45, 2.75) is 45.6 Å². The number of nitrogens with two attached hydrogens (primary N) is 1. The van der Waals surface area contributed by atoms with Crippen LogP contribution in [-0.4, -0.2) is 31.7 Å². The second-order valence-electron chi connectivity index (χ2n) is 6.22. The number of hydrogen-bond acceptors (Lipinski definition) is 3. The summed E-state index contributed by atoms with van der Waals surface area (Å²) in [6.07, 6.45) is 3.11. The first-order chi connectivity index (χ1) is 7.82. The summed E-state index contributed by atoms with van der Waals surface area (Å²) < 4.78 is 5.67. The van der Waals surface area contributed by atoms with Crippen molar-refractivity contribution in [3.8, 4) is 0 Å². The van der Waals surface area contributed by atoms with Crippen LogP contribution in [0.5, 0.6) is 0 Å². The quantitative estimate of drug-likeness (QED) is 0.661. The molecule has 4 heteroatoms. The first-order valence-corrected chi connectivity index (χ1v) is 6.38. The topological polar surface area (TPSA) is 64.3 Å². The predicted molar refractivity (Wildman–Crippen MR) is 68.6 cm³/mol. The Bertz CT molecular complexity index is 269. The van der Waals surface area contributed by atoms with Gasteiger partial charge in [0.1, 0.15) is 5.54 Å². The van der Waals surface area contributed by atoms with E-state index in [2.05, 4.69) is 26.1 Å². The zero-order valence-corrected chi connectivity index (χ0v) is 11.5. The molecule has 0 aromatic carbocycles. The van der Waals surface area contributed by atoms with Crippen molar-refractivity contribution >= 4 is 5.91 Å². The molecule has 1 aliphatic rings. The van der Waals surface area contributed by atoms with Gasteiger partial charge >= 0.3 is 0 Å². The number of likely N-dealkylation sites (N-methyl/N-ethyl adjacent to an activating group) is 1. The van der Waals surface area contributed by atoms with Crippen LogP contribution >= 0.6 is 0 Å². The van der Waals surface area contributed by atoms with Crippen LogP contribution < -0.4 is 11.1 Å². The number of carbonyl (C=O) groups is 1. The van der Waals surface area contributed by atoms with Crippen molar-refractivity contribution in [1.29, 1.82) is 0 Å². The molecule has 1 fully saturated rings. The zero-order valence-electron chi connectivity index (χ0n) is 11.5. The molecule has 4 nitrogen and oxygen atoms in total. The van der Waals surface area contributed by atoms with Gasteiger partial charge in [0.15, 0.2) is 0 Å². The maximum absolute atomic E-state index is 11.6. The first-order valence-electron chi connectivity index (χ1n) is 6.38. The molecule has 0 aromatic rings. The molecule has 1 aliphatic carbocycles. The number of primary amides is 1. The minimum Gasteiger partial charge on any atom is -0.379 e. The molecule has 0 aliphatic heterocycles. The van der Waals surface area contributed by atoms with Gasteiger partial charge < -0.3 is 15.8 Å². The number of hydrogen-bond donors (Lipinski definition) is 2. The third kappa shape index (κ3) is 3.96. The number of ether oxygens (including phenoxy) is 1. The molecule has 1 saturated carbocycles. The molecule has 17 heavy (non-hydrogen) atoms. The Labute approximate surface area is 104 Å². The van der Waals surface area contributed by atoms with E-state index in [1.54, 1.807) is 7.05 Å². The highest BCUT2D eigenvalue weighted by atomic mass is 16.5. The molecule has 100 valence electrons. The SMILES string of the molecule is CNC(COCCC(C)(C)C)(C(N)=O)C1CC1. The second kappa shape index (κ2) is 5.36. The molecule has 3 N–H and O–H groups in total. The third-order valence-corrected chi connectivity index (χ3v) is 3.49. The number of nitrogens with one attached hydrogen (secondary N) is 1. The Kier molecular flexibility index (Phi) is 4.55. The summed E-state index contributed by atoms with van der Waals surface area (Å²) in [7, 11) is 1.79. The van der Waals surface area contributed by atoms with E-state index in [4.69, 9.17) is 10.5 Å². The van der Waals surface area contributed by atoms with Gasteiger partial charge in [-0.15, -0.1) is 0 Å². The highest BCUT2D eigenvalue weighted by Crippen LogP contribution is 2.39. The Morgan fingerprint density at radius 1 is 1.41 bits per heavy atom. The standard InChI is InChI=1S/C13H26N2O2/c1-12(2,3)7-8-17-9-13(15-4,11(14)16)10-5-6-10/h10,15H,5-9H2,1-4H3,(H2,14,16). The molecule has 0 heterocycles. The van der Waals surface area contributed by atoms with E-state index in [-0.39, 0.29) is 11.3 Å². The van der Waals surface area contributed by atoms with Crippen LogP contribution in [0.4, 0.5) is 0 Å². The van der Waals surface area contributed by atoms with E-state index in [1.165, 1.54) is 0 Å². The lowest BCUT2D eigenvalue weighted by Crippen LogP contribution is -2.59. The Hall–Kier alpha value is -0.610. The minimum absolute atomic E-state index is 0.259. The number of rotatable bonds is 7. The number of amides is 1. The van der Waals surface area contributed by atoms with Gasteiger partial charge in [-0.05, 0) is 37.6 Å². The predicted octanol–water partition coefficient (Wildman–Crippen LogP) is 1.29. The molecule has 0 spiro atoms. The first kappa shape index (κ1) is 14.5. The van der Waals surface area contributed by atoms with Crippen molar-refractivity contribution in [3.05, 3.63) is 0 Å². The smallest absolute Gasteiger partial charge is 0.240 e. The fourth-order valence-corrected chi connectivity index (χ4v) is 1.98. The van der Waals surface area contributed by atoms with Crippen molar-refractivity contribution in [2.24, 2.45) is 17.1 Å². The van der Waals surface area contributed by atoms with Gasteiger partial charge in [-0.2, -0.15) is 0 Å². The average Bonchev–Trinajstić information content (AvgIpc) is 3.00. The summed E-state index contributed by atoms with van der Waals surface area (Å²) in [5.41, 5.74) is 5.11. The van der Waals surface area contributed by atoms with Gasteiger partial charge in [0, 0.05) is 6.61 Å². The fraction of sp³-hybridized carbons (Fsp3) is 0.923. The third-order valence-electron chi connectivity index (χ3n) is 3.49. The van der Waals surface area contributed by atoms with Crippen molar-refractivity contribution < 1.29 is 9.53 Å². The normalized spacial score (nSPS) is 20.0. The van der Waals surface area contributed by atoms with Crippen LogP contribution in [0.15, 0.2) is 0 Å². The van der Waals surface area contributed by atoms with E-state index in [0.717, 1.165) is 19.3 Å². The molecule has 0 saturated heterocycles. The van der Waals surface area contributed by atoms with Gasteiger partial charge in [-0.1, -0.05) is 20.8 Å². The summed E-state index contributed by atoms with van der Waals surface area (Å²) in [5, 5.41) is 3.08. The molecular weight excluding hydrogens is 216 g/mol. The lowest BCUT2D eigenvalue weighted by atomic mass is 9.92. The van der Waals surface area contributed by atoms with Gasteiger partial charge in [0.25, 0.3) is 0 Å². The Morgan fingerprint density at radius 3 is 2.35 bits per heavy atom. The lowest BCUT2D eigenvalue weighted by molar-refractivity contribution is -0.128. The maximum atomic E-state index is 11.6. The van der Waals surface area contributed by atoms with E-state index in [1.807, 2.05) is 0 Å². The number of carbonyl (C=O) groups excluding carboxylic acids is 1. The van der Waals surface area contributed by atoms with Crippen LogP contribution in [0.1, 0.15) is 40.0 Å². The zero-order chi connectivity index (χ0) is 13.1. The van der Waals surface area contributed by atoms with Gasteiger partial charge in [-0.3, -0.25) is 4.79 Å². The molecule has 0 bridgehead atoms. The maximum Gasteiger partial charge on any atom is 0.240 e. The van der Waals surface area contributed by atoms with E-state index >= 15 is 0 Å². The summed E-state index contributed by atoms with van der Waals surface area (Å²) in [4.78, 5) is 11.6.